The molecule has 2 rings (SSSR count). The van der Waals surface area contributed by atoms with E-state index in [9.17, 15) is 34.1 Å². The first-order chi connectivity index (χ1) is 12.7. The molecule has 1 aliphatic rings. The van der Waals surface area contributed by atoms with Crippen LogP contribution in [0.25, 0.3) is 0 Å². The summed E-state index contributed by atoms with van der Waals surface area (Å²) in [6.45, 7) is 1.92. The van der Waals surface area contributed by atoms with Crippen LogP contribution in [-0.2, 0) is 14.4 Å². The summed E-state index contributed by atoms with van der Waals surface area (Å²) >= 11 is 0. The number of imide groups is 4. The van der Waals surface area contributed by atoms with Crippen LogP contribution in [0, 0.1) is 17.0 Å². The molecule has 12 heteroatoms. The summed E-state index contributed by atoms with van der Waals surface area (Å²) in [5.41, 5.74) is -0.303. The molecule has 0 spiro atoms. The number of hydrogen-bond acceptors (Lipinski definition) is 9. The third kappa shape index (κ3) is 3.58. The zero-order chi connectivity index (χ0) is 20.3. The van der Waals surface area contributed by atoms with Gasteiger partial charge in [-0.15, -0.1) is 10.1 Å². The summed E-state index contributed by atoms with van der Waals surface area (Å²) in [6, 6.07) is 2.24. The van der Waals surface area contributed by atoms with E-state index >= 15 is 0 Å². The van der Waals surface area contributed by atoms with Crippen molar-refractivity contribution in [1.82, 2.24) is 9.80 Å². The van der Waals surface area contributed by atoms with E-state index in [-0.39, 0.29) is 35.3 Å². The molecule has 142 valence electrons. The Morgan fingerprint density at radius 1 is 1.26 bits per heavy atom. The molecular formula is C15H13N3O9. The summed E-state index contributed by atoms with van der Waals surface area (Å²) < 4.78 is 4.66. The van der Waals surface area contributed by atoms with Crippen molar-refractivity contribution in [3.05, 3.63) is 44.5 Å². The van der Waals surface area contributed by atoms with Crippen molar-refractivity contribution in [1.29, 1.82) is 0 Å². The van der Waals surface area contributed by atoms with Crippen LogP contribution in [0.1, 0.15) is 43.6 Å². The van der Waals surface area contributed by atoms with Crippen LogP contribution in [0.5, 0.6) is 0 Å². The van der Waals surface area contributed by atoms with Crippen molar-refractivity contribution in [2.75, 3.05) is 13.3 Å². The number of rotatable bonds is 6. The summed E-state index contributed by atoms with van der Waals surface area (Å²) in [6.07, 6.45) is -1.13. The van der Waals surface area contributed by atoms with Gasteiger partial charge < -0.3 is 4.74 Å². The average molecular weight is 379 g/mol. The van der Waals surface area contributed by atoms with Crippen molar-refractivity contribution in [2.24, 2.45) is 0 Å². The fourth-order valence-electron chi connectivity index (χ4n) is 2.38. The molecule has 0 aliphatic carbocycles. The van der Waals surface area contributed by atoms with Gasteiger partial charge in [0.2, 0.25) is 6.41 Å². The van der Waals surface area contributed by atoms with Crippen molar-refractivity contribution >= 4 is 30.2 Å². The molecule has 5 amide bonds. The van der Waals surface area contributed by atoms with Gasteiger partial charge in [-0.1, -0.05) is 0 Å². The Hall–Kier alpha value is -3.83. The molecule has 0 radical (unpaired) electrons. The van der Waals surface area contributed by atoms with Crippen LogP contribution in [0.4, 0.5) is 4.79 Å². The van der Waals surface area contributed by atoms with Crippen LogP contribution in [0.3, 0.4) is 0 Å². The summed E-state index contributed by atoms with van der Waals surface area (Å²) in [5.74, 6) is -2.87. The molecule has 0 N–H and O–H groups in total. The van der Waals surface area contributed by atoms with Gasteiger partial charge in [0.25, 0.3) is 22.8 Å². The van der Waals surface area contributed by atoms with E-state index in [4.69, 9.17) is 0 Å². The number of carbonyl (C=O) groups is 5. The van der Waals surface area contributed by atoms with Crippen molar-refractivity contribution in [3.8, 4) is 0 Å². The number of carbonyl (C=O) groups excluding carboxylic acids is 5. The second-order valence-electron chi connectivity index (χ2n) is 5.22. The smallest absolute Gasteiger partial charge is 0.424 e. The number of hydrogen-bond donors (Lipinski definition) is 0. The molecule has 1 aliphatic heterocycles. The Bertz CT molecular complexity index is 864. The molecule has 0 unspecified atom stereocenters. The molecule has 0 saturated carbocycles. The van der Waals surface area contributed by atoms with E-state index in [1.807, 2.05) is 0 Å². The molecule has 1 aromatic rings. The molecule has 0 fully saturated rings. The van der Waals surface area contributed by atoms with E-state index in [2.05, 4.69) is 9.57 Å². The number of aryl methyl sites for hydroxylation is 1. The molecular weight excluding hydrogens is 366 g/mol. The molecule has 0 bridgehead atoms. The summed E-state index contributed by atoms with van der Waals surface area (Å²) in [4.78, 5) is 74.8. The lowest BCUT2D eigenvalue weighted by atomic mass is 9.99. The minimum Gasteiger partial charge on any atom is -0.449 e. The van der Waals surface area contributed by atoms with Crippen LogP contribution in [0.15, 0.2) is 12.1 Å². The lowest BCUT2D eigenvalue weighted by molar-refractivity contribution is -0.761. The quantitative estimate of drug-likeness (QED) is 0.226. The monoisotopic (exact) mass is 379 g/mol. The van der Waals surface area contributed by atoms with Crippen LogP contribution < -0.4 is 0 Å². The molecule has 1 aromatic carbocycles. The van der Waals surface area contributed by atoms with Crippen LogP contribution in [0.2, 0.25) is 0 Å². The van der Waals surface area contributed by atoms with Crippen LogP contribution >= 0.6 is 0 Å². The highest BCUT2D eigenvalue weighted by atomic mass is 17.0. The normalized spacial score (nSPS) is 12.4. The Labute approximate surface area is 151 Å². The zero-order valence-corrected chi connectivity index (χ0v) is 14.2. The molecule has 0 saturated heterocycles. The fourth-order valence-corrected chi connectivity index (χ4v) is 2.38. The first-order valence-corrected chi connectivity index (χ1v) is 7.46. The Morgan fingerprint density at radius 3 is 2.37 bits per heavy atom. The maximum atomic E-state index is 12.4. The predicted octanol–water partition coefficient (Wildman–Crippen LogP) is 0.512. The largest absolute Gasteiger partial charge is 0.449 e. The molecule has 1 heterocycles. The van der Waals surface area contributed by atoms with Gasteiger partial charge in [0.05, 0.1) is 17.7 Å². The predicted molar refractivity (Wildman–Crippen MR) is 83.9 cm³/mol. The lowest BCUT2D eigenvalue weighted by Crippen LogP contribution is -2.36. The van der Waals surface area contributed by atoms with Gasteiger partial charge in [-0.2, -0.15) is 4.90 Å². The second-order valence-corrected chi connectivity index (χ2v) is 5.22. The maximum absolute atomic E-state index is 12.4. The number of amides is 5. The minimum absolute atomic E-state index is 0.0242. The van der Waals surface area contributed by atoms with E-state index in [1.54, 1.807) is 0 Å². The SMILES string of the molecule is CCOC(=O)N1C(=O)c2cc(C)c(C(=O)N(C=O)CO[N+](=O)[O-])cc2C1=O. The number of ether oxygens (including phenoxy) is 1. The molecule has 0 aromatic heterocycles. The van der Waals surface area contributed by atoms with Crippen molar-refractivity contribution < 1.29 is 38.6 Å². The van der Waals surface area contributed by atoms with Crippen molar-refractivity contribution in [2.45, 2.75) is 13.8 Å². The van der Waals surface area contributed by atoms with Crippen LogP contribution in [-0.4, -0.2) is 58.4 Å². The topological polar surface area (TPSA) is 153 Å². The number of fused-ring (bicyclic) bond motifs is 1. The van der Waals surface area contributed by atoms with E-state index in [1.165, 1.54) is 19.9 Å². The standard InChI is InChI=1S/C15H13N3O9/c1-3-26-15(23)17-13(21)10-4-8(2)9(5-11(10)14(17)22)12(20)16(6-19)7-27-18(24)25/h4-6H,3,7H2,1-2H3. The first-order valence-electron chi connectivity index (χ1n) is 7.46. The summed E-state index contributed by atoms with van der Waals surface area (Å²) in [7, 11) is 0. The maximum Gasteiger partial charge on any atom is 0.424 e. The van der Waals surface area contributed by atoms with Gasteiger partial charge in [0.15, 0.2) is 6.73 Å². The second kappa shape index (κ2) is 7.59. The number of nitrogens with zero attached hydrogens (tertiary/aromatic N) is 3. The van der Waals surface area contributed by atoms with Gasteiger partial charge in [-0.3, -0.25) is 28.9 Å². The Morgan fingerprint density at radius 2 is 1.85 bits per heavy atom. The summed E-state index contributed by atoms with van der Waals surface area (Å²) in [5, 5.41) is 9.05. The third-order valence-corrected chi connectivity index (χ3v) is 3.60. The highest BCUT2D eigenvalue weighted by Gasteiger charge is 2.42. The number of benzene rings is 1. The lowest BCUT2D eigenvalue weighted by Gasteiger charge is -2.15. The third-order valence-electron chi connectivity index (χ3n) is 3.60. The highest BCUT2D eigenvalue weighted by Crippen LogP contribution is 2.27. The molecule has 0 atom stereocenters. The van der Waals surface area contributed by atoms with Gasteiger partial charge in [-0.25, -0.2) is 4.79 Å². The fraction of sp³-hybridized carbons (Fsp3) is 0.267. The Kier molecular flexibility index (Phi) is 5.48. The highest BCUT2D eigenvalue weighted by molar-refractivity contribution is 6.28. The molecule has 12 nitrogen and oxygen atoms in total. The van der Waals surface area contributed by atoms with E-state index < -0.39 is 35.6 Å². The van der Waals surface area contributed by atoms with Crippen molar-refractivity contribution in [3.63, 3.8) is 0 Å². The van der Waals surface area contributed by atoms with E-state index in [0.717, 1.165) is 6.07 Å². The minimum atomic E-state index is -1.18. The van der Waals surface area contributed by atoms with Gasteiger partial charge in [-0.05, 0) is 31.5 Å². The Balaban J connectivity index is 2.39. The molecule has 27 heavy (non-hydrogen) atoms. The average Bonchev–Trinajstić information content (AvgIpc) is 2.84. The zero-order valence-electron chi connectivity index (χ0n) is 14.2. The van der Waals surface area contributed by atoms with Gasteiger partial charge in [0, 0.05) is 5.56 Å². The van der Waals surface area contributed by atoms with Gasteiger partial charge >= 0.3 is 6.09 Å². The van der Waals surface area contributed by atoms with Gasteiger partial charge in [0.1, 0.15) is 0 Å². The first kappa shape index (κ1) is 19.5. The van der Waals surface area contributed by atoms with E-state index in [0.29, 0.717) is 9.80 Å².